The van der Waals surface area contributed by atoms with Crippen molar-refractivity contribution in [2.24, 2.45) is 0 Å². The number of hydrogen-bond donors (Lipinski definition) is 1. The molecular weight excluding hydrogens is 598 g/mol. The lowest BCUT2D eigenvalue weighted by atomic mass is 9.98. The zero-order valence-electron chi connectivity index (χ0n) is 26.8. The molecule has 9 nitrogen and oxygen atoms in total. The minimum atomic E-state index is -0.409. The van der Waals surface area contributed by atoms with Crippen molar-refractivity contribution < 1.29 is 33.2 Å². The zero-order chi connectivity index (χ0) is 32.0. The van der Waals surface area contributed by atoms with Crippen molar-refractivity contribution in [3.63, 3.8) is 0 Å². The van der Waals surface area contributed by atoms with Gasteiger partial charge in [-0.05, 0) is 93.6 Å². The summed E-state index contributed by atoms with van der Waals surface area (Å²) in [6.07, 6.45) is 8.82. The quantitative estimate of drug-likeness (QED) is 0.189. The monoisotopic (exact) mass is 641 g/mol. The zero-order valence-corrected chi connectivity index (χ0v) is 26.8. The van der Waals surface area contributed by atoms with Gasteiger partial charge in [0.05, 0.1) is 18.8 Å². The Hall–Kier alpha value is -4.05. The van der Waals surface area contributed by atoms with Gasteiger partial charge in [0.25, 0.3) is 0 Å². The highest BCUT2D eigenvalue weighted by Crippen LogP contribution is 2.38. The first-order chi connectivity index (χ1) is 23.1. The van der Waals surface area contributed by atoms with Crippen molar-refractivity contribution >= 4 is 11.0 Å². The molecular formula is C38H43NO8. The van der Waals surface area contributed by atoms with E-state index in [2.05, 4.69) is 4.90 Å². The van der Waals surface area contributed by atoms with Crippen molar-refractivity contribution in [1.29, 1.82) is 0 Å². The number of benzene rings is 3. The van der Waals surface area contributed by atoms with Gasteiger partial charge in [-0.2, -0.15) is 0 Å². The van der Waals surface area contributed by atoms with Crippen LogP contribution in [0.25, 0.3) is 33.4 Å². The van der Waals surface area contributed by atoms with E-state index in [1.54, 1.807) is 6.07 Å². The molecule has 2 unspecified atom stereocenters. The Bertz CT molecular complexity index is 1680. The van der Waals surface area contributed by atoms with E-state index in [0.717, 1.165) is 63.9 Å². The van der Waals surface area contributed by atoms with Crippen LogP contribution in [-0.4, -0.2) is 62.0 Å². The number of phenols is 1. The molecule has 0 saturated carbocycles. The van der Waals surface area contributed by atoms with Crippen LogP contribution >= 0.6 is 0 Å². The third kappa shape index (κ3) is 7.59. The second kappa shape index (κ2) is 14.8. The van der Waals surface area contributed by atoms with Gasteiger partial charge in [-0.3, -0.25) is 9.69 Å². The molecule has 0 aliphatic carbocycles. The molecule has 0 spiro atoms. The molecule has 3 aliphatic rings. The van der Waals surface area contributed by atoms with Crippen LogP contribution < -0.4 is 19.6 Å². The summed E-state index contributed by atoms with van der Waals surface area (Å²) in [7, 11) is 0. The fraction of sp³-hybridized carbons (Fsp3) is 0.447. The topological polar surface area (TPSA) is 99.8 Å². The molecule has 4 aromatic rings. The third-order valence-corrected chi connectivity index (χ3v) is 9.14. The number of hydrogen-bond acceptors (Lipinski definition) is 9. The average molecular weight is 642 g/mol. The van der Waals surface area contributed by atoms with E-state index in [1.165, 1.54) is 25.3 Å². The standard InChI is InChI=1S/C38H43NO8/c40-31-24-30(46-34-9-3-7-22-44-34)25-32-36(31)37(41)35(26-10-16-29(17-11-26)45-33-8-2-6-21-43-33)38(47-32)27-12-14-28(15-13-27)42-23-20-39-18-4-1-5-19-39/h10-17,24-25,33-34,40H,1-9,18-23H2. The van der Waals surface area contributed by atoms with Gasteiger partial charge < -0.3 is 33.2 Å². The first-order valence-corrected chi connectivity index (χ1v) is 17.1. The SMILES string of the molecule is O=c1c(-c2ccc(OC3CCCCO3)cc2)c(-c2ccc(OCCN3CCCCC3)cc2)oc2cc(OC3CCCCO3)cc(O)c12. The molecule has 9 heteroatoms. The second-order valence-corrected chi connectivity index (χ2v) is 12.6. The summed E-state index contributed by atoms with van der Waals surface area (Å²) in [5, 5.41) is 11.2. The van der Waals surface area contributed by atoms with Crippen LogP contribution in [0, 0.1) is 0 Å². The van der Waals surface area contributed by atoms with Crippen LogP contribution in [0.3, 0.4) is 0 Å². The van der Waals surface area contributed by atoms with Crippen molar-refractivity contribution in [3.05, 3.63) is 70.9 Å². The van der Waals surface area contributed by atoms with Crippen LogP contribution in [-0.2, 0) is 9.47 Å². The Morgan fingerprint density at radius 3 is 2.02 bits per heavy atom. The van der Waals surface area contributed by atoms with Gasteiger partial charge in [0.1, 0.15) is 46.3 Å². The van der Waals surface area contributed by atoms with Crippen molar-refractivity contribution in [1.82, 2.24) is 4.90 Å². The average Bonchev–Trinajstić information content (AvgIpc) is 3.10. The molecule has 1 N–H and O–H groups in total. The summed E-state index contributed by atoms with van der Waals surface area (Å²) >= 11 is 0. The van der Waals surface area contributed by atoms with Gasteiger partial charge in [0.2, 0.25) is 5.43 Å². The molecule has 7 rings (SSSR count). The minimum Gasteiger partial charge on any atom is -0.507 e. The van der Waals surface area contributed by atoms with Gasteiger partial charge in [-0.15, -0.1) is 0 Å². The lowest BCUT2D eigenvalue weighted by Gasteiger charge is -2.26. The highest BCUT2D eigenvalue weighted by Gasteiger charge is 2.23. The maximum atomic E-state index is 14.2. The van der Waals surface area contributed by atoms with Gasteiger partial charge in [-0.25, -0.2) is 0 Å². The van der Waals surface area contributed by atoms with Gasteiger partial charge >= 0.3 is 0 Å². The van der Waals surface area contributed by atoms with Gasteiger partial charge in [0, 0.05) is 37.1 Å². The summed E-state index contributed by atoms with van der Waals surface area (Å²) < 4.78 is 36.1. The Labute approximate surface area is 275 Å². The molecule has 4 heterocycles. The number of aromatic hydroxyl groups is 1. The van der Waals surface area contributed by atoms with Crippen LogP contribution in [0.1, 0.15) is 57.8 Å². The Balaban J connectivity index is 1.21. The predicted octanol–water partition coefficient (Wildman–Crippen LogP) is 7.51. The van der Waals surface area contributed by atoms with Crippen molar-refractivity contribution in [3.8, 4) is 45.4 Å². The van der Waals surface area contributed by atoms with Gasteiger partial charge in [0.15, 0.2) is 12.6 Å². The Morgan fingerprint density at radius 2 is 1.36 bits per heavy atom. The highest BCUT2D eigenvalue weighted by molar-refractivity contribution is 5.93. The van der Waals surface area contributed by atoms with Crippen LogP contribution in [0.5, 0.6) is 23.0 Å². The van der Waals surface area contributed by atoms with Crippen LogP contribution in [0.4, 0.5) is 0 Å². The van der Waals surface area contributed by atoms with E-state index in [0.29, 0.717) is 53.8 Å². The number of nitrogens with zero attached hydrogens (tertiary/aromatic N) is 1. The number of piperidine rings is 1. The molecule has 3 aliphatic heterocycles. The highest BCUT2D eigenvalue weighted by atomic mass is 16.7. The number of phenolic OH excluding ortho intramolecular Hbond substituents is 1. The Kier molecular flexibility index (Phi) is 9.93. The van der Waals surface area contributed by atoms with E-state index in [1.807, 2.05) is 48.5 Å². The van der Waals surface area contributed by atoms with Gasteiger partial charge in [-0.1, -0.05) is 18.6 Å². The summed E-state index contributed by atoms with van der Waals surface area (Å²) in [5.41, 5.74) is 1.59. The van der Waals surface area contributed by atoms with Crippen LogP contribution in [0.2, 0.25) is 0 Å². The summed E-state index contributed by atoms with van der Waals surface area (Å²) in [4.78, 5) is 16.7. The maximum absolute atomic E-state index is 14.2. The fourth-order valence-corrected chi connectivity index (χ4v) is 6.60. The number of ether oxygens (including phenoxy) is 5. The number of likely N-dealkylation sites (tertiary alicyclic amines) is 1. The first kappa shape index (κ1) is 31.5. The van der Waals surface area contributed by atoms with Crippen LogP contribution in [0.15, 0.2) is 69.9 Å². The molecule has 3 saturated heterocycles. The number of fused-ring (bicyclic) bond motifs is 1. The summed E-state index contributed by atoms with van der Waals surface area (Å²) in [6, 6.07) is 18.1. The van der Waals surface area contributed by atoms with Crippen molar-refractivity contribution in [2.45, 2.75) is 70.4 Å². The largest absolute Gasteiger partial charge is 0.507 e. The molecule has 0 radical (unpaired) electrons. The van der Waals surface area contributed by atoms with E-state index in [4.69, 9.17) is 28.1 Å². The molecule has 47 heavy (non-hydrogen) atoms. The van der Waals surface area contributed by atoms with Crippen molar-refractivity contribution in [2.75, 3.05) is 39.5 Å². The van der Waals surface area contributed by atoms with E-state index >= 15 is 0 Å². The minimum absolute atomic E-state index is 0.0919. The molecule has 1 aromatic heterocycles. The third-order valence-electron chi connectivity index (χ3n) is 9.14. The molecule has 0 bridgehead atoms. The predicted molar refractivity (Wildman–Crippen MR) is 179 cm³/mol. The first-order valence-electron chi connectivity index (χ1n) is 17.1. The number of rotatable bonds is 10. The lowest BCUT2D eigenvalue weighted by molar-refractivity contribution is -0.106. The van der Waals surface area contributed by atoms with E-state index in [9.17, 15) is 9.90 Å². The lowest BCUT2D eigenvalue weighted by Crippen LogP contribution is -2.33. The normalized spacial score (nSPS) is 20.6. The Morgan fingerprint density at radius 1 is 0.723 bits per heavy atom. The second-order valence-electron chi connectivity index (χ2n) is 12.6. The van der Waals surface area contributed by atoms with E-state index in [-0.39, 0.29) is 28.4 Å². The summed E-state index contributed by atoms with van der Waals surface area (Å²) in [6.45, 7) is 5.09. The molecule has 0 amide bonds. The summed E-state index contributed by atoms with van der Waals surface area (Å²) in [5.74, 6) is 1.97. The molecule has 3 fully saturated rings. The van der Waals surface area contributed by atoms with E-state index < -0.39 is 6.29 Å². The molecule has 248 valence electrons. The maximum Gasteiger partial charge on any atom is 0.204 e. The molecule has 3 aromatic carbocycles. The fourth-order valence-electron chi connectivity index (χ4n) is 6.60. The molecule has 2 atom stereocenters. The smallest absolute Gasteiger partial charge is 0.204 e.